The first-order chi connectivity index (χ1) is 10.1. The molecule has 0 unspecified atom stereocenters. The van der Waals surface area contributed by atoms with Gasteiger partial charge in [-0.15, -0.1) is 0 Å². The van der Waals surface area contributed by atoms with E-state index in [-0.39, 0.29) is 11.8 Å². The van der Waals surface area contributed by atoms with Crippen molar-refractivity contribution < 1.29 is 14.3 Å². The minimum absolute atomic E-state index is 0.115. The zero-order chi connectivity index (χ0) is 15.2. The van der Waals surface area contributed by atoms with Crippen LogP contribution in [0.3, 0.4) is 0 Å². The van der Waals surface area contributed by atoms with Crippen LogP contribution >= 0.6 is 0 Å². The van der Waals surface area contributed by atoms with Gasteiger partial charge in [-0.2, -0.15) is 0 Å². The Morgan fingerprint density at radius 2 is 1.52 bits per heavy atom. The van der Waals surface area contributed by atoms with E-state index in [1.54, 1.807) is 7.11 Å². The van der Waals surface area contributed by atoms with Gasteiger partial charge < -0.3 is 14.5 Å². The van der Waals surface area contributed by atoms with Gasteiger partial charge in [0.05, 0.1) is 13.5 Å². The van der Waals surface area contributed by atoms with Crippen molar-refractivity contribution in [3.8, 4) is 5.75 Å². The second-order valence-electron chi connectivity index (χ2n) is 5.14. The fraction of sp³-hybridized carbons (Fsp3) is 0.500. The Bertz CT molecular complexity index is 491. The Kier molecular flexibility index (Phi) is 5.20. The van der Waals surface area contributed by atoms with E-state index in [1.165, 1.54) is 0 Å². The number of hydrogen-bond donors (Lipinski definition) is 0. The molecule has 1 fully saturated rings. The molecular formula is C16H22N2O3. The fourth-order valence-corrected chi connectivity index (χ4v) is 2.46. The summed E-state index contributed by atoms with van der Waals surface area (Å²) in [5, 5.41) is 0. The third-order valence-electron chi connectivity index (χ3n) is 3.80. The molecule has 0 spiro atoms. The molecule has 1 heterocycles. The van der Waals surface area contributed by atoms with Gasteiger partial charge in [-0.1, -0.05) is 19.1 Å². The maximum Gasteiger partial charge on any atom is 0.227 e. The lowest BCUT2D eigenvalue weighted by Crippen LogP contribution is -2.50. The van der Waals surface area contributed by atoms with E-state index in [2.05, 4.69) is 0 Å². The summed E-state index contributed by atoms with van der Waals surface area (Å²) in [6, 6.07) is 7.54. The van der Waals surface area contributed by atoms with Crippen molar-refractivity contribution in [1.82, 2.24) is 9.80 Å². The van der Waals surface area contributed by atoms with E-state index in [4.69, 9.17) is 4.74 Å². The van der Waals surface area contributed by atoms with Crippen LogP contribution in [0.1, 0.15) is 18.9 Å². The maximum atomic E-state index is 12.3. The molecule has 5 nitrogen and oxygen atoms in total. The van der Waals surface area contributed by atoms with Crippen molar-refractivity contribution >= 4 is 11.8 Å². The average Bonchev–Trinajstić information content (AvgIpc) is 2.55. The summed E-state index contributed by atoms with van der Waals surface area (Å²) in [6.07, 6.45) is 0.922. The highest BCUT2D eigenvalue weighted by Crippen LogP contribution is 2.13. The van der Waals surface area contributed by atoms with Crippen molar-refractivity contribution in [3.05, 3.63) is 29.8 Å². The van der Waals surface area contributed by atoms with Gasteiger partial charge in [-0.3, -0.25) is 9.59 Å². The first kappa shape index (κ1) is 15.4. The second kappa shape index (κ2) is 7.11. The molecule has 1 saturated heterocycles. The summed E-state index contributed by atoms with van der Waals surface area (Å²) in [6.45, 7) is 4.40. The molecule has 21 heavy (non-hydrogen) atoms. The normalized spacial score (nSPS) is 15.0. The second-order valence-corrected chi connectivity index (χ2v) is 5.14. The van der Waals surface area contributed by atoms with Gasteiger partial charge in [0, 0.05) is 32.6 Å². The molecular weight excluding hydrogens is 268 g/mol. The first-order valence-corrected chi connectivity index (χ1v) is 7.32. The highest BCUT2D eigenvalue weighted by molar-refractivity contribution is 5.80. The summed E-state index contributed by atoms with van der Waals surface area (Å²) in [5.74, 6) is 1.07. The Balaban J connectivity index is 1.85. The average molecular weight is 290 g/mol. The Morgan fingerprint density at radius 1 is 1.00 bits per heavy atom. The topological polar surface area (TPSA) is 49.9 Å². The Hall–Kier alpha value is -2.04. The number of amides is 2. The van der Waals surface area contributed by atoms with E-state index in [0.717, 1.165) is 11.3 Å². The lowest BCUT2D eigenvalue weighted by Gasteiger charge is -2.34. The largest absolute Gasteiger partial charge is 0.497 e. The van der Waals surface area contributed by atoms with Crippen LogP contribution in [0.5, 0.6) is 5.75 Å². The summed E-state index contributed by atoms with van der Waals surface area (Å²) in [5.41, 5.74) is 0.980. The van der Waals surface area contributed by atoms with Crippen LogP contribution in [-0.2, 0) is 16.0 Å². The summed E-state index contributed by atoms with van der Waals surface area (Å²) >= 11 is 0. The predicted octanol–water partition coefficient (Wildman–Crippen LogP) is 1.32. The number of carbonyl (C=O) groups excluding carboxylic acids is 2. The van der Waals surface area contributed by atoms with Gasteiger partial charge in [0.2, 0.25) is 11.8 Å². The van der Waals surface area contributed by atoms with E-state index >= 15 is 0 Å². The molecule has 0 aliphatic carbocycles. The van der Waals surface area contributed by atoms with E-state index in [9.17, 15) is 9.59 Å². The molecule has 1 aromatic rings. The van der Waals surface area contributed by atoms with Crippen LogP contribution < -0.4 is 4.74 Å². The fourth-order valence-electron chi connectivity index (χ4n) is 2.46. The minimum Gasteiger partial charge on any atom is -0.497 e. The Labute approximate surface area is 125 Å². The van der Waals surface area contributed by atoms with Crippen molar-refractivity contribution in [2.75, 3.05) is 33.3 Å². The predicted molar refractivity (Wildman–Crippen MR) is 80.1 cm³/mol. The SMILES string of the molecule is CCC(=O)N1CCN(C(=O)Cc2ccc(OC)cc2)CC1. The molecule has 0 saturated carbocycles. The number of carbonyl (C=O) groups is 2. The highest BCUT2D eigenvalue weighted by Gasteiger charge is 2.23. The van der Waals surface area contributed by atoms with E-state index < -0.39 is 0 Å². The molecule has 0 atom stereocenters. The number of hydrogen-bond acceptors (Lipinski definition) is 3. The highest BCUT2D eigenvalue weighted by atomic mass is 16.5. The molecule has 0 bridgehead atoms. The number of rotatable bonds is 4. The van der Waals surface area contributed by atoms with Crippen molar-refractivity contribution in [3.63, 3.8) is 0 Å². The van der Waals surface area contributed by atoms with Crippen LogP contribution in [0.4, 0.5) is 0 Å². The maximum absolute atomic E-state index is 12.3. The monoisotopic (exact) mass is 290 g/mol. The summed E-state index contributed by atoms with van der Waals surface area (Å²) in [4.78, 5) is 27.5. The summed E-state index contributed by atoms with van der Waals surface area (Å²) in [7, 11) is 1.62. The molecule has 5 heteroatoms. The lowest BCUT2D eigenvalue weighted by molar-refractivity contribution is -0.139. The number of methoxy groups -OCH3 is 1. The molecule has 114 valence electrons. The van der Waals surface area contributed by atoms with Crippen LogP contribution in [-0.4, -0.2) is 54.9 Å². The molecule has 0 N–H and O–H groups in total. The molecule has 1 aromatic carbocycles. The quantitative estimate of drug-likeness (QED) is 0.840. The van der Waals surface area contributed by atoms with Gasteiger partial charge >= 0.3 is 0 Å². The number of benzene rings is 1. The van der Waals surface area contributed by atoms with Crippen molar-refractivity contribution in [2.45, 2.75) is 19.8 Å². The molecule has 0 aromatic heterocycles. The smallest absolute Gasteiger partial charge is 0.227 e. The lowest BCUT2D eigenvalue weighted by atomic mass is 10.1. The molecule has 2 rings (SSSR count). The third kappa shape index (κ3) is 3.97. The van der Waals surface area contributed by atoms with E-state index in [0.29, 0.717) is 39.0 Å². The Morgan fingerprint density at radius 3 is 2.00 bits per heavy atom. The molecule has 2 amide bonds. The zero-order valence-corrected chi connectivity index (χ0v) is 12.7. The van der Waals surface area contributed by atoms with Crippen LogP contribution in [0, 0.1) is 0 Å². The molecule has 0 radical (unpaired) electrons. The number of piperazine rings is 1. The minimum atomic E-state index is 0.115. The first-order valence-electron chi connectivity index (χ1n) is 7.32. The number of ether oxygens (including phenoxy) is 1. The summed E-state index contributed by atoms with van der Waals surface area (Å²) < 4.78 is 5.10. The van der Waals surface area contributed by atoms with Crippen LogP contribution in [0.15, 0.2) is 24.3 Å². The van der Waals surface area contributed by atoms with Gasteiger partial charge in [-0.05, 0) is 17.7 Å². The molecule has 1 aliphatic heterocycles. The zero-order valence-electron chi connectivity index (χ0n) is 12.7. The van der Waals surface area contributed by atoms with Crippen LogP contribution in [0.25, 0.3) is 0 Å². The molecule has 1 aliphatic rings. The van der Waals surface area contributed by atoms with Crippen molar-refractivity contribution in [2.24, 2.45) is 0 Å². The van der Waals surface area contributed by atoms with Gasteiger partial charge in [0.1, 0.15) is 5.75 Å². The number of nitrogens with zero attached hydrogens (tertiary/aromatic N) is 2. The van der Waals surface area contributed by atoms with Gasteiger partial charge in [-0.25, -0.2) is 0 Å². The van der Waals surface area contributed by atoms with Crippen molar-refractivity contribution in [1.29, 1.82) is 0 Å². The standard InChI is InChI=1S/C16H22N2O3/c1-3-15(19)17-8-10-18(11-9-17)16(20)12-13-4-6-14(21-2)7-5-13/h4-7H,3,8-12H2,1-2H3. The van der Waals surface area contributed by atoms with Gasteiger partial charge in [0.15, 0.2) is 0 Å². The third-order valence-corrected chi connectivity index (χ3v) is 3.80. The van der Waals surface area contributed by atoms with Crippen LogP contribution in [0.2, 0.25) is 0 Å². The van der Waals surface area contributed by atoms with E-state index in [1.807, 2.05) is 41.0 Å². The van der Waals surface area contributed by atoms with Gasteiger partial charge in [0.25, 0.3) is 0 Å².